The molecule has 1 aromatic carbocycles. The molecule has 0 saturated carbocycles. The van der Waals surface area contributed by atoms with Crippen LogP contribution in [0.2, 0.25) is 5.02 Å². The molecule has 1 rings (SSSR count). The largest absolute Gasteiger partial charge is 0.382 e. The van der Waals surface area contributed by atoms with Crippen LogP contribution in [0.4, 0.5) is 0 Å². The minimum Gasteiger partial charge on any atom is -0.382 e. The van der Waals surface area contributed by atoms with Crippen molar-refractivity contribution in [2.24, 2.45) is 0 Å². The minimum absolute atomic E-state index is 0.0583. The molecule has 0 aromatic heterocycles. The molecule has 88 valence electrons. The lowest BCUT2D eigenvalue weighted by Crippen LogP contribution is -2.12. The van der Waals surface area contributed by atoms with Crippen molar-refractivity contribution in [2.75, 3.05) is 26.9 Å². The van der Waals surface area contributed by atoms with Crippen LogP contribution in [0.5, 0.6) is 0 Å². The first-order valence-corrected chi connectivity index (χ1v) is 5.39. The van der Waals surface area contributed by atoms with Crippen LogP contribution >= 0.6 is 11.6 Å². The van der Waals surface area contributed by atoms with Crippen molar-refractivity contribution in [3.8, 4) is 0 Å². The van der Waals surface area contributed by atoms with Crippen molar-refractivity contribution in [1.82, 2.24) is 0 Å². The summed E-state index contributed by atoms with van der Waals surface area (Å²) in [5, 5.41) is 0.600. The van der Waals surface area contributed by atoms with Crippen molar-refractivity contribution in [2.45, 2.75) is 6.92 Å². The maximum atomic E-state index is 11.6. The highest BCUT2D eigenvalue weighted by Crippen LogP contribution is 2.16. The van der Waals surface area contributed by atoms with Crippen LogP contribution in [-0.4, -0.2) is 32.7 Å². The van der Waals surface area contributed by atoms with Crippen molar-refractivity contribution < 1.29 is 14.3 Å². The second-order valence-electron chi connectivity index (χ2n) is 3.43. The van der Waals surface area contributed by atoms with E-state index in [0.29, 0.717) is 23.8 Å². The average molecular weight is 243 g/mol. The van der Waals surface area contributed by atoms with E-state index in [1.807, 2.05) is 13.0 Å². The molecule has 0 aliphatic rings. The lowest BCUT2D eigenvalue weighted by Gasteiger charge is -2.04. The van der Waals surface area contributed by atoms with Gasteiger partial charge in [0.1, 0.15) is 6.61 Å². The zero-order valence-electron chi connectivity index (χ0n) is 9.46. The first kappa shape index (κ1) is 13.2. The van der Waals surface area contributed by atoms with Gasteiger partial charge in [0.05, 0.1) is 13.2 Å². The van der Waals surface area contributed by atoms with Crippen LogP contribution in [0.25, 0.3) is 0 Å². The quantitative estimate of drug-likeness (QED) is 0.568. The monoisotopic (exact) mass is 242 g/mol. The van der Waals surface area contributed by atoms with Gasteiger partial charge in [-0.2, -0.15) is 0 Å². The average Bonchev–Trinajstić information content (AvgIpc) is 2.28. The van der Waals surface area contributed by atoms with Crippen molar-refractivity contribution >= 4 is 17.4 Å². The van der Waals surface area contributed by atoms with Gasteiger partial charge in [0.15, 0.2) is 5.78 Å². The highest BCUT2D eigenvalue weighted by atomic mass is 35.5. The third-order valence-corrected chi connectivity index (χ3v) is 2.57. The number of hydrogen-bond acceptors (Lipinski definition) is 3. The highest BCUT2D eigenvalue weighted by Gasteiger charge is 2.07. The summed E-state index contributed by atoms with van der Waals surface area (Å²) in [5.41, 5.74) is 1.53. The van der Waals surface area contributed by atoms with Crippen LogP contribution in [0.15, 0.2) is 18.2 Å². The predicted octanol–water partition coefficient (Wildman–Crippen LogP) is 2.49. The van der Waals surface area contributed by atoms with Crippen LogP contribution in [0.1, 0.15) is 15.9 Å². The number of aryl methyl sites for hydroxylation is 1. The summed E-state index contributed by atoms with van der Waals surface area (Å²) >= 11 is 5.93. The zero-order chi connectivity index (χ0) is 12.0. The van der Waals surface area contributed by atoms with Gasteiger partial charge in [-0.05, 0) is 18.6 Å². The van der Waals surface area contributed by atoms with E-state index in [9.17, 15) is 4.79 Å². The van der Waals surface area contributed by atoms with Crippen LogP contribution in [0, 0.1) is 6.92 Å². The van der Waals surface area contributed by atoms with Crippen LogP contribution in [-0.2, 0) is 9.47 Å². The molecule has 16 heavy (non-hydrogen) atoms. The molecule has 0 saturated heterocycles. The molecule has 0 spiro atoms. The van der Waals surface area contributed by atoms with Gasteiger partial charge in [-0.3, -0.25) is 4.79 Å². The number of rotatable bonds is 6. The Kier molecular flexibility index (Phi) is 5.46. The summed E-state index contributed by atoms with van der Waals surface area (Å²) in [7, 11) is 1.59. The summed E-state index contributed by atoms with van der Waals surface area (Å²) < 4.78 is 9.95. The molecule has 1 aromatic rings. The second kappa shape index (κ2) is 6.63. The molecule has 0 N–H and O–H groups in total. The van der Waals surface area contributed by atoms with E-state index >= 15 is 0 Å². The Morgan fingerprint density at radius 2 is 2.12 bits per heavy atom. The maximum Gasteiger partial charge on any atom is 0.188 e. The number of methoxy groups -OCH3 is 1. The van der Waals surface area contributed by atoms with Crippen LogP contribution < -0.4 is 0 Å². The fourth-order valence-electron chi connectivity index (χ4n) is 1.16. The SMILES string of the molecule is COCCOCC(=O)c1ccc(C)c(Cl)c1. The standard InChI is InChI=1S/C12H15ClO3/c1-9-3-4-10(7-11(9)13)12(14)8-16-6-5-15-2/h3-4,7H,5-6,8H2,1-2H3. The predicted molar refractivity (Wildman–Crippen MR) is 63.2 cm³/mol. The number of benzene rings is 1. The number of carbonyl (C=O) groups excluding carboxylic acids is 1. The van der Waals surface area contributed by atoms with Crippen LogP contribution in [0.3, 0.4) is 0 Å². The van der Waals surface area contributed by atoms with E-state index in [1.54, 1.807) is 19.2 Å². The smallest absolute Gasteiger partial charge is 0.188 e. The van der Waals surface area contributed by atoms with Gasteiger partial charge in [0, 0.05) is 17.7 Å². The molecule has 0 unspecified atom stereocenters. The fraction of sp³-hybridized carbons (Fsp3) is 0.417. The van der Waals surface area contributed by atoms with Gasteiger partial charge < -0.3 is 9.47 Å². The summed E-state index contributed by atoms with van der Waals surface area (Å²) in [6.07, 6.45) is 0. The third-order valence-electron chi connectivity index (χ3n) is 2.16. The summed E-state index contributed by atoms with van der Waals surface area (Å²) in [5.74, 6) is -0.0713. The molecule has 0 aliphatic carbocycles. The second-order valence-corrected chi connectivity index (χ2v) is 3.84. The molecule has 0 amide bonds. The maximum absolute atomic E-state index is 11.6. The first-order valence-electron chi connectivity index (χ1n) is 5.01. The Labute approximate surface area is 100 Å². The first-order chi connectivity index (χ1) is 7.65. The lowest BCUT2D eigenvalue weighted by atomic mass is 10.1. The Bertz CT molecular complexity index is 363. The van der Waals surface area contributed by atoms with E-state index in [4.69, 9.17) is 21.1 Å². The number of ketones is 1. The van der Waals surface area contributed by atoms with Gasteiger partial charge in [-0.15, -0.1) is 0 Å². The molecular formula is C12H15ClO3. The molecular weight excluding hydrogens is 228 g/mol. The topological polar surface area (TPSA) is 35.5 Å². The normalized spacial score (nSPS) is 10.4. The van der Waals surface area contributed by atoms with Crippen molar-refractivity contribution in [3.05, 3.63) is 34.3 Å². The Balaban J connectivity index is 2.50. The fourth-order valence-corrected chi connectivity index (χ4v) is 1.34. The van der Waals surface area contributed by atoms with Gasteiger partial charge in [0.25, 0.3) is 0 Å². The minimum atomic E-state index is -0.0713. The molecule has 0 bridgehead atoms. The van der Waals surface area contributed by atoms with Gasteiger partial charge >= 0.3 is 0 Å². The number of carbonyl (C=O) groups is 1. The number of ether oxygens (including phenoxy) is 2. The van der Waals surface area contributed by atoms with E-state index in [2.05, 4.69) is 0 Å². The van der Waals surface area contributed by atoms with E-state index in [1.165, 1.54) is 0 Å². The molecule has 0 aliphatic heterocycles. The molecule has 3 nitrogen and oxygen atoms in total. The van der Waals surface area contributed by atoms with E-state index in [0.717, 1.165) is 5.56 Å². The Hall–Kier alpha value is -0.900. The molecule has 0 fully saturated rings. The number of hydrogen-bond donors (Lipinski definition) is 0. The van der Waals surface area contributed by atoms with Gasteiger partial charge in [0.2, 0.25) is 0 Å². The number of halogens is 1. The molecule has 0 radical (unpaired) electrons. The Morgan fingerprint density at radius 3 is 2.75 bits per heavy atom. The number of Topliss-reactive ketones (excluding diaryl/α,β-unsaturated/α-hetero) is 1. The lowest BCUT2D eigenvalue weighted by molar-refractivity contribution is 0.0577. The molecule has 0 heterocycles. The van der Waals surface area contributed by atoms with Crippen molar-refractivity contribution in [3.63, 3.8) is 0 Å². The Morgan fingerprint density at radius 1 is 1.38 bits per heavy atom. The summed E-state index contributed by atoms with van der Waals surface area (Å²) in [6, 6.07) is 5.24. The molecule has 4 heteroatoms. The molecule has 0 atom stereocenters. The summed E-state index contributed by atoms with van der Waals surface area (Å²) in [4.78, 5) is 11.6. The van der Waals surface area contributed by atoms with Gasteiger partial charge in [-0.25, -0.2) is 0 Å². The van der Waals surface area contributed by atoms with Gasteiger partial charge in [-0.1, -0.05) is 23.7 Å². The highest BCUT2D eigenvalue weighted by molar-refractivity contribution is 6.31. The summed E-state index contributed by atoms with van der Waals surface area (Å²) in [6.45, 7) is 2.86. The van der Waals surface area contributed by atoms with E-state index < -0.39 is 0 Å². The van der Waals surface area contributed by atoms with E-state index in [-0.39, 0.29) is 12.4 Å². The zero-order valence-corrected chi connectivity index (χ0v) is 10.2. The third kappa shape index (κ3) is 3.93. The van der Waals surface area contributed by atoms with Crippen molar-refractivity contribution in [1.29, 1.82) is 0 Å².